The van der Waals surface area contributed by atoms with Gasteiger partial charge in [-0.3, -0.25) is 9.55 Å². The Morgan fingerprint density at radius 1 is 1.05 bits per heavy atom. The van der Waals surface area contributed by atoms with Gasteiger partial charge >= 0.3 is 0 Å². The van der Waals surface area contributed by atoms with Crippen LogP contribution in [0, 0.1) is 0 Å². The second-order valence-electron chi connectivity index (χ2n) is 9.87. The van der Waals surface area contributed by atoms with Gasteiger partial charge in [0.25, 0.3) is 0 Å². The van der Waals surface area contributed by atoms with Crippen LogP contribution >= 0.6 is 0 Å². The number of nitrogens with one attached hydrogen (secondary N) is 1. The number of nitrogen functional groups attached to an aromatic ring is 2. The number of anilines is 2. The molecule has 0 saturated carbocycles. The molecule has 0 unspecified atom stereocenters. The van der Waals surface area contributed by atoms with Gasteiger partial charge in [-0.25, -0.2) is 23.4 Å². The second-order valence-corrected chi connectivity index (χ2v) is 12.1. The molecule has 5 heterocycles. The van der Waals surface area contributed by atoms with E-state index >= 15 is 0 Å². The Morgan fingerprint density at radius 2 is 1.90 bits per heavy atom. The predicted molar refractivity (Wildman–Crippen MR) is 161 cm³/mol. The lowest BCUT2D eigenvalue weighted by Crippen LogP contribution is -2.21. The summed E-state index contributed by atoms with van der Waals surface area (Å²) >= 11 is 0. The summed E-state index contributed by atoms with van der Waals surface area (Å²) in [5, 5.41) is 4.71. The standard InChI is InChI=1S/C29H28N8O4S/c1-42(38,39)9-8-32-14-22-5-6-25(41-22)23-15-37(29-27(23)28(31)34-17-35-29)20-10-18(12-33-13-20)16-40-21-4-2-19-3-7-26(30)36-24(19)11-21/h2-7,10-13,15,17,32H,8-9,14,16H2,1H3,(H2,30,36)(H2,31,34,35). The van der Waals surface area contributed by atoms with Crippen molar-refractivity contribution in [3.8, 4) is 22.8 Å². The van der Waals surface area contributed by atoms with Crippen molar-refractivity contribution in [1.82, 2.24) is 29.8 Å². The van der Waals surface area contributed by atoms with E-state index in [0.717, 1.165) is 27.7 Å². The summed E-state index contributed by atoms with van der Waals surface area (Å²) < 4.78 is 36.8. The van der Waals surface area contributed by atoms with Crippen LogP contribution in [0.5, 0.6) is 5.75 Å². The quantitative estimate of drug-likeness (QED) is 0.201. The zero-order chi connectivity index (χ0) is 29.3. The predicted octanol–water partition coefficient (Wildman–Crippen LogP) is 3.50. The van der Waals surface area contributed by atoms with Crippen LogP contribution in [0.4, 0.5) is 11.6 Å². The van der Waals surface area contributed by atoms with Crippen LogP contribution in [0.3, 0.4) is 0 Å². The highest BCUT2D eigenvalue weighted by atomic mass is 32.2. The fraction of sp³-hybridized carbons (Fsp3) is 0.172. The topological polar surface area (TPSA) is 177 Å². The van der Waals surface area contributed by atoms with Crippen molar-refractivity contribution in [2.45, 2.75) is 13.2 Å². The third kappa shape index (κ3) is 5.87. The third-order valence-corrected chi connectivity index (χ3v) is 7.58. The summed E-state index contributed by atoms with van der Waals surface area (Å²) in [5.41, 5.74) is 15.8. The van der Waals surface area contributed by atoms with E-state index in [0.29, 0.717) is 53.0 Å². The van der Waals surface area contributed by atoms with Gasteiger partial charge in [-0.05, 0) is 42.5 Å². The maximum absolute atomic E-state index is 11.4. The number of fused-ring (bicyclic) bond motifs is 2. The molecule has 0 amide bonds. The average molecular weight is 585 g/mol. The lowest BCUT2D eigenvalue weighted by atomic mass is 10.2. The van der Waals surface area contributed by atoms with Gasteiger partial charge < -0.3 is 25.9 Å². The number of hydrogen-bond donors (Lipinski definition) is 3. The Hall–Kier alpha value is -5.01. The first-order chi connectivity index (χ1) is 20.2. The number of rotatable bonds is 10. The number of aromatic nitrogens is 5. The fourth-order valence-corrected chi connectivity index (χ4v) is 5.12. The van der Waals surface area contributed by atoms with Gasteiger partial charge in [-0.15, -0.1) is 0 Å². The van der Waals surface area contributed by atoms with Gasteiger partial charge in [-0.1, -0.05) is 0 Å². The van der Waals surface area contributed by atoms with Crippen LogP contribution in [-0.4, -0.2) is 51.5 Å². The van der Waals surface area contributed by atoms with E-state index in [-0.39, 0.29) is 12.4 Å². The number of nitrogens with zero attached hydrogens (tertiary/aromatic N) is 5. The van der Waals surface area contributed by atoms with E-state index in [1.807, 2.05) is 53.2 Å². The van der Waals surface area contributed by atoms with Crippen molar-refractivity contribution in [2.75, 3.05) is 30.0 Å². The first kappa shape index (κ1) is 27.2. The normalized spacial score (nSPS) is 11.8. The van der Waals surface area contributed by atoms with Gasteiger partial charge in [0, 0.05) is 47.8 Å². The maximum atomic E-state index is 11.4. The molecule has 0 aliphatic heterocycles. The van der Waals surface area contributed by atoms with Gasteiger partial charge in [0.15, 0.2) is 5.65 Å². The maximum Gasteiger partial charge on any atom is 0.150 e. The van der Waals surface area contributed by atoms with Crippen molar-refractivity contribution >= 4 is 43.4 Å². The highest BCUT2D eigenvalue weighted by Crippen LogP contribution is 2.35. The molecule has 0 bridgehead atoms. The molecule has 5 aromatic heterocycles. The molecule has 0 saturated heterocycles. The van der Waals surface area contributed by atoms with E-state index in [1.165, 1.54) is 12.6 Å². The molecule has 6 aromatic rings. The van der Waals surface area contributed by atoms with Crippen LogP contribution in [0.15, 0.2) is 77.9 Å². The lowest BCUT2D eigenvalue weighted by Gasteiger charge is -2.09. The van der Waals surface area contributed by atoms with E-state index in [9.17, 15) is 8.42 Å². The van der Waals surface area contributed by atoms with Gasteiger partial charge in [0.1, 0.15) is 51.7 Å². The fourth-order valence-electron chi connectivity index (χ4n) is 4.61. The lowest BCUT2D eigenvalue weighted by molar-refractivity contribution is 0.306. The minimum atomic E-state index is -3.04. The number of benzene rings is 1. The van der Waals surface area contributed by atoms with Crippen LogP contribution < -0.4 is 21.5 Å². The summed E-state index contributed by atoms with van der Waals surface area (Å²) in [4.78, 5) is 17.5. The number of ether oxygens (including phenoxy) is 1. The van der Waals surface area contributed by atoms with Crippen LogP contribution in [-0.2, 0) is 23.0 Å². The van der Waals surface area contributed by atoms with E-state index in [4.69, 9.17) is 20.6 Å². The largest absolute Gasteiger partial charge is 0.489 e. The third-order valence-electron chi connectivity index (χ3n) is 6.64. The van der Waals surface area contributed by atoms with Crippen molar-refractivity contribution < 1.29 is 17.6 Å². The Balaban J connectivity index is 1.25. The average Bonchev–Trinajstić information content (AvgIpc) is 3.59. The highest BCUT2D eigenvalue weighted by Gasteiger charge is 2.19. The SMILES string of the molecule is CS(=O)(=O)CCNCc1ccc(-c2cn(-c3cncc(COc4ccc5ccc(N)nc5c4)c3)c3ncnc(N)c23)o1. The smallest absolute Gasteiger partial charge is 0.150 e. The van der Waals surface area contributed by atoms with E-state index in [2.05, 4.69) is 25.3 Å². The van der Waals surface area contributed by atoms with Gasteiger partial charge in [0.2, 0.25) is 0 Å². The molecule has 0 fully saturated rings. The Bertz CT molecular complexity index is 2020. The summed E-state index contributed by atoms with van der Waals surface area (Å²) in [7, 11) is -3.04. The number of nitrogens with two attached hydrogens (primary N) is 2. The molecule has 1 aromatic carbocycles. The van der Waals surface area contributed by atoms with Gasteiger partial charge in [0.05, 0.1) is 35.1 Å². The van der Waals surface area contributed by atoms with Crippen molar-refractivity contribution in [1.29, 1.82) is 0 Å². The second kappa shape index (κ2) is 11.1. The molecule has 5 N–H and O–H groups in total. The Labute approximate surface area is 241 Å². The minimum absolute atomic E-state index is 0.0503. The van der Waals surface area contributed by atoms with Crippen LogP contribution in [0.1, 0.15) is 11.3 Å². The van der Waals surface area contributed by atoms with Gasteiger partial charge in [-0.2, -0.15) is 0 Å². The molecule has 0 aliphatic carbocycles. The summed E-state index contributed by atoms with van der Waals surface area (Å²) in [6, 6.07) is 15.0. The van der Waals surface area contributed by atoms with E-state index < -0.39 is 9.84 Å². The highest BCUT2D eigenvalue weighted by molar-refractivity contribution is 7.90. The molecule has 0 aliphatic rings. The summed E-state index contributed by atoms with van der Waals surface area (Å²) in [6.07, 6.45) is 7.98. The van der Waals surface area contributed by atoms with Crippen molar-refractivity contribution in [2.24, 2.45) is 0 Å². The summed E-state index contributed by atoms with van der Waals surface area (Å²) in [5.74, 6) is 2.72. The number of hydrogen-bond acceptors (Lipinski definition) is 11. The molecular weight excluding hydrogens is 556 g/mol. The Morgan fingerprint density at radius 3 is 2.76 bits per heavy atom. The molecule has 0 radical (unpaired) electrons. The van der Waals surface area contributed by atoms with Crippen molar-refractivity contribution in [3.05, 3.63) is 84.8 Å². The molecule has 12 nitrogen and oxygen atoms in total. The number of furan rings is 1. The Kier molecular flexibility index (Phi) is 7.19. The molecule has 0 atom stereocenters. The minimum Gasteiger partial charge on any atom is -0.489 e. The first-order valence-electron chi connectivity index (χ1n) is 13.1. The molecule has 42 heavy (non-hydrogen) atoms. The van der Waals surface area contributed by atoms with Crippen molar-refractivity contribution in [3.63, 3.8) is 0 Å². The van der Waals surface area contributed by atoms with E-state index in [1.54, 1.807) is 18.5 Å². The number of pyridine rings is 2. The monoisotopic (exact) mass is 584 g/mol. The molecule has 13 heteroatoms. The summed E-state index contributed by atoms with van der Waals surface area (Å²) in [6.45, 7) is 0.993. The zero-order valence-electron chi connectivity index (χ0n) is 22.7. The molecule has 6 rings (SSSR count). The molecule has 214 valence electrons. The van der Waals surface area contributed by atoms with Crippen LogP contribution in [0.2, 0.25) is 0 Å². The van der Waals surface area contributed by atoms with Crippen LogP contribution in [0.25, 0.3) is 38.9 Å². The molecular formula is C29H28N8O4S. The number of sulfone groups is 1. The zero-order valence-corrected chi connectivity index (χ0v) is 23.5. The first-order valence-corrected chi connectivity index (χ1v) is 15.1. The molecule has 0 spiro atoms.